The van der Waals surface area contributed by atoms with E-state index in [4.69, 9.17) is 12.2 Å². The van der Waals surface area contributed by atoms with Crippen molar-refractivity contribution in [1.82, 2.24) is 14.9 Å². The van der Waals surface area contributed by atoms with Gasteiger partial charge in [0.15, 0.2) is 5.82 Å². The molecule has 0 amide bonds. The zero-order valence-corrected chi connectivity index (χ0v) is 14.0. The van der Waals surface area contributed by atoms with Crippen LogP contribution in [0, 0.1) is 10.6 Å². The highest BCUT2D eigenvalue weighted by atomic mass is 32.1. The standard InChI is InChI=1S/C18H15FN4OS/c1-2-6-12-7-5-8-13(16(12)24)11-20-23-17(21-22-18(23)25)14-9-3-4-10-15(14)19/h2-5,7-11,24H,1,6H2,(H,22,25). The van der Waals surface area contributed by atoms with Crippen LogP contribution in [0.5, 0.6) is 5.75 Å². The number of phenolic OH excluding ortho intramolecular Hbond substituents is 1. The average molecular weight is 354 g/mol. The van der Waals surface area contributed by atoms with Crippen molar-refractivity contribution < 1.29 is 9.50 Å². The Hall–Kier alpha value is -3.06. The molecule has 0 atom stereocenters. The lowest BCUT2D eigenvalue weighted by Gasteiger charge is -2.05. The van der Waals surface area contributed by atoms with Crippen molar-refractivity contribution in [3.8, 4) is 17.1 Å². The summed E-state index contributed by atoms with van der Waals surface area (Å²) in [6.07, 6.45) is 3.70. The highest BCUT2D eigenvalue weighted by molar-refractivity contribution is 7.71. The summed E-state index contributed by atoms with van der Waals surface area (Å²) in [6.45, 7) is 3.67. The molecule has 0 bridgehead atoms. The predicted molar refractivity (Wildman–Crippen MR) is 97.8 cm³/mol. The molecule has 0 spiro atoms. The van der Waals surface area contributed by atoms with Gasteiger partial charge in [-0.1, -0.05) is 30.3 Å². The van der Waals surface area contributed by atoms with E-state index in [9.17, 15) is 9.50 Å². The van der Waals surface area contributed by atoms with Crippen LogP contribution in [0.25, 0.3) is 11.4 Å². The van der Waals surface area contributed by atoms with E-state index in [0.717, 1.165) is 5.56 Å². The van der Waals surface area contributed by atoms with Crippen molar-refractivity contribution in [3.05, 3.63) is 76.8 Å². The number of aromatic hydroxyl groups is 1. The molecule has 0 radical (unpaired) electrons. The zero-order valence-electron chi connectivity index (χ0n) is 13.2. The lowest BCUT2D eigenvalue weighted by atomic mass is 10.1. The molecular weight excluding hydrogens is 339 g/mol. The maximum atomic E-state index is 14.0. The SMILES string of the molecule is C=CCc1cccc(C=Nn2c(-c3ccccc3F)n[nH]c2=S)c1O. The van der Waals surface area contributed by atoms with Gasteiger partial charge in [0, 0.05) is 5.56 Å². The van der Waals surface area contributed by atoms with Crippen molar-refractivity contribution in [2.45, 2.75) is 6.42 Å². The lowest BCUT2D eigenvalue weighted by Crippen LogP contribution is -1.97. The molecule has 0 aliphatic rings. The Bertz CT molecular complexity index is 1010. The van der Waals surface area contributed by atoms with Gasteiger partial charge in [0.2, 0.25) is 4.77 Å². The van der Waals surface area contributed by atoms with Gasteiger partial charge < -0.3 is 5.11 Å². The number of hydrogen-bond donors (Lipinski definition) is 2. The van der Waals surface area contributed by atoms with Crippen LogP contribution in [0.3, 0.4) is 0 Å². The van der Waals surface area contributed by atoms with Gasteiger partial charge in [0.05, 0.1) is 11.8 Å². The number of hydrogen-bond acceptors (Lipinski definition) is 4. The maximum absolute atomic E-state index is 14.0. The number of halogens is 1. The molecular formula is C18H15FN4OS. The van der Waals surface area contributed by atoms with Crippen LogP contribution in [0.1, 0.15) is 11.1 Å². The Labute approximate surface area is 148 Å². The van der Waals surface area contributed by atoms with Gasteiger partial charge in [-0.15, -0.1) is 6.58 Å². The third-order valence-corrected chi connectivity index (χ3v) is 3.86. The average Bonchev–Trinajstić information content (AvgIpc) is 2.97. The van der Waals surface area contributed by atoms with Gasteiger partial charge in [-0.3, -0.25) is 0 Å². The minimum absolute atomic E-state index is 0.119. The number of para-hydroxylation sites is 1. The second-order valence-electron chi connectivity index (χ2n) is 5.24. The Balaban J connectivity index is 2.03. The predicted octanol–water partition coefficient (Wildman–Crippen LogP) is 4.06. The molecule has 0 saturated heterocycles. The molecule has 2 aromatic carbocycles. The van der Waals surface area contributed by atoms with Crippen LogP contribution < -0.4 is 0 Å². The van der Waals surface area contributed by atoms with E-state index in [0.29, 0.717) is 12.0 Å². The molecule has 0 saturated carbocycles. The van der Waals surface area contributed by atoms with Crippen molar-refractivity contribution in [2.75, 3.05) is 0 Å². The third kappa shape index (κ3) is 3.41. The Morgan fingerprint density at radius 2 is 2.08 bits per heavy atom. The fraction of sp³-hybridized carbons (Fsp3) is 0.0556. The summed E-state index contributed by atoms with van der Waals surface area (Å²) in [5.41, 5.74) is 1.53. The van der Waals surface area contributed by atoms with Crippen LogP contribution in [0.4, 0.5) is 4.39 Å². The molecule has 0 aliphatic heterocycles. The zero-order chi connectivity index (χ0) is 17.8. The molecule has 3 aromatic rings. The van der Waals surface area contributed by atoms with Crippen LogP contribution in [-0.2, 0) is 6.42 Å². The van der Waals surface area contributed by atoms with E-state index in [-0.39, 0.29) is 21.9 Å². The van der Waals surface area contributed by atoms with E-state index in [2.05, 4.69) is 21.9 Å². The normalized spacial score (nSPS) is 11.1. The number of benzene rings is 2. The number of nitrogens with one attached hydrogen (secondary N) is 1. The monoisotopic (exact) mass is 354 g/mol. The molecule has 25 heavy (non-hydrogen) atoms. The summed E-state index contributed by atoms with van der Waals surface area (Å²) in [7, 11) is 0. The summed E-state index contributed by atoms with van der Waals surface area (Å²) in [4.78, 5) is 0. The number of rotatable bonds is 5. The molecule has 1 aromatic heterocycles. The van der Waals surface area contributed by atoms with E-state index in [1.165, 1.54) is 17.0 Å². The summed E-state index contributed by atoms with van der Waals surface area (Å²) in [5, 5.41) is 21.2. The van der Waals surface area contributed by atoms with Gasteiger partial charge in [0.1, 0.15) is 11.6 Å². The first-order chi connectivity index (χ1) is 12.1. The topological polar surface area (TPSA) is 66.2 Å². The Morgan fingerprint density at radius 3 is 2.84 bits per heavy atom. The number of allylic oxidation sites excluding steroid dienone is 1. The van der Waals surface area contributed by atoms with E-state index in [1.54, 1.807) is 30.3 Å². The summed E-state index contributed by atoms with van der Waals surface area (Å²) < 4.78 is 15.6. The van der Waals surface area contributed by atoms with Crippen molar-refractivity contribution in [1.29, 1.82) is 0 Å². The summed E-state index contributed by atoms with van der Waals surface area (Å²) in [5.74, 6) is -0.0570. The largest absolute Gasteiger partial charge is 0.507 e. The second-order valence-corrected chi connectivity index (χ2v) is 5.62. The highest BCUT2D eigenvalue weighted by Crippen LogP contribution is 2.23. The molecule has 5 nitrogen and oxygen atoms in total. The second kappa shape index (κ2) is 7.23. The van der Waals surface area contributed by atoms with Gasteiger partial charge in [-0.2, -0.15) is 14.9 Å². The first-order valence-electron chi connectivity index (χ1n) is 7.50. The van der Waals surface area contributed by atoms with Crippen molar-refractivity contribution >= 4 is 18.4 Å². The van der Waals surface area contributed by atoms with Crippen molar-refractivity contribution in [3.63, 3.8) is 0 Å². The van der Waals surface area contributed by atoms with Crippen LogP contribution in [0.2, 0.25) is 0 Å². The Kier molecular flexibility index (Phi) is 4.85. The first-order valence-corrected chi connectivity index (χ1v) is 7.91. The number of aromatic amines is 1. The van der Waals surface area contributed by atoms with Crippen LogP contribution in [-0.4, -0.2) is 26.2 Å². The quantitative estimate of drug-likeness (QED) is 0.412. The number of nitrogens with zero attached hydrogens (tertiary/aromatic N) is 3. The van der Waals surface area contributed by atoms with E-state index < -0.39 is 5.82 Å². The highest BCUT2D eigenvalue weighted by Gasteiger charge is 2.12. The molecule has 3 rings (SSSR count). The molecule has 2 N–H and O–H groups in total. The number of H-pyrrole nitrogens is 1. The Morgan fingerprint density at radius 1 is 1.28 bits per heavy atom. The molecule has 7 heteroatoms. The fourth-order valence-corrected chi connectivity index (χ4v) is 2.55. The molecule has 0 fully saturated rings. The third-order valence-electron chi connectivity index (χ3n) is 3.59. The van der Waals surface area contributed by atoms with Gasteiger partial charge in [0.25, 0.3) is 0 Å². The molecule has 126 valence electrons. The number of phenols is 1. The van der Waals surface area contributed by atoms with Gasteiger partial charge in [-0.05, 0) is 42.4 Å². The number of aromatic nitrogens is 3. The van der Waals surface area contributed by atoms with Crippen LogP contribution in [0.15, 0.2) is 60.2 Å². The van der Waals surface area contributed by atoms with Gasteiger partial charge in [-0.25, -0.2) is 9.49 Å². The van der Waals surface area contributed by atoms with Crippen molar-refractivity contribution in [2.24, 2.45) is 5.10 Å². The van der Waals surface area contributed by atoms with Gasteiger partial charge >= 0.3 is 0 Å². The van der Waals surface area contributed by atoms with E-state index in [1.807, 2.05) is 12.1 Å². The molecule has 0 unspecified atom stereocenters. The minimum Gasteiger partial charge on any atom is -0.507 e. The first kappa shape index (κ1) is 16.8. The summed E-state index contributed by atoms with van der Waals surface area (Å²) >= 11 is 5.16. The lowest BCUT2D eigenvalue weighted by molar-refractivity contribution is 0.469. The molecule has 0 aliphatic carbocycles. The maximum Gasteiger partial charge on any atom is 0.216 e. The fourth-order valence-electron chi connectivity index (χ4n) is 2.37. The smallest absolute Gasteiger partial charge is 0.216 e. The molecule has 1 heterocycles. The van der Waals surface area contributed by atoms with E-state index >= 15 is 0 Å². The minimum atomic E-state index is -0.427. The summed E-state index contributed by atoms with van der Waals surface area (Å²) in [6, 6.07) is 11.6. The van der Waals surface area contributed by atoms with Crippen LogP contribution >= 0.6 is 12.2 Å².